The fourth-order valence-electron chi connectivity index (χ4n) is 5.18. The molecule has 1 aromatic carbocycles. The van der Waals surface area contributed by atoms with Gasteiger partial charge in [0.2, 0.25) is 5.91 Å². The number of carbonyl (C=O) groups is 3. The number of aryl methyl sites for hydroxylation is 1. The number of carboxylic acid groups (broad SMARTS) is 1. The molecule has 0 radical (unpaired) electrons. The lowest BCUT2D eigenvalue weighted by Crippen LogP contribution is -2.40. The van der Waals surface area contributed by atoms with Crippen molar-refractivity contribution in [3.8, 4) is 0 Å². The molecule has 2 aliphatic heterocycles. The van der Waals surface area contributed by atoms with E-state index in [1.54, 1.807) is 25.0 Å². The fourth-order valence-corrected chi connectivity index (χ4v) is 5.76. The van der Waals surface area contributed by atoms with E-state index in [2.05, 4.69) is 9.71 Å². The van der Waals surface area contributed by atoms with Crippen LogP contribution in [0.4, 0.5) is 10.1 Å². The van der Waals surface area contributed by atoms with Crippen molar-refractivity contribution in [1.82, 2.24) is 4.90 Å². The zero-order chi connectivity index (χ0) is 30.5. The molecule has 0 spiro atoms. The van der Waals surface area contributed by atoms with Gasteiger partial charge in [0.15, 0.2) is 0 Å². The normalized spacial score (nSPS) is 23.7. The molecule has 9 nitrogen and oxygen atoms in total. The number of carbonyl (C=O) groups excluding carboxylic acids is 2. The molecule has 1 saturated heterocycles. The number of aliphatic carboxylic acids is 1. The molecule has 2 atom stereocenters. The molecule has 1 aliphatic carbocycles. The molecular weight excluding hydrogens is 561 g/mol. The second-order valence-electron chi connectivity index (χ2n) is 10.7. The monoisotopic (exact) mass is 603 g/mol. The Morgan fingerprint density at radius 1 is 1.14 bits per heavy atom. The number of likely N-dealkylation sites (tertiary alicyclic amines) is 1. The molecule has 2 N–H and O–H groups in total. The Kier molecular flexibility index (Phi) is 13.7. The van der Waals surface area contributed by atoms with Crippen LogP contribution in [0, 0.1) is 12.7 Å². The number of methoxy groups -OCH3 is 1. The molecule has 11 heteroatoms. The van der Waals surface area contributed by atoms with Gasteiger partial charge in [0.05, 0.1) is 31.3 Å². The molecule has 0 aromatic heterocycles. The quantitative estimate of drug-likeness (QED) is 0.389. The van der Waals surface area contributed by atoms with E-state index in [0.717, 1.165) is 26.2 Å². The van der Waals surface area contributed by atoms with Crippen molar-refractivity contribution < 1.29 is 33.4 Å². The fraction of sp³-hybridized carbons (Fsp3) is 0.548. The smallest absolute Gasteiger partial charge is 0.300 e. The highest BCUT2D eigenvalue weighted by atomic mass is 32.2. The Hall–Kier alpha value is -3.02. The third-order valence-electron chi connectivity index (χ3n) is 7.39. The number of amides is 2. The summed E-state index contributed by atoms with van der Waals surface area (Å²) in [6, 6.07) is 2.86. The maximum absolute atomic E-state index is 15.1. The topological polar surface area (TPSA) is 118 Å². The molecule has 2 fully saturated rings. The number of hydrogen-bond donors (Lipinski definition) is 2. The summed E-state index contributed by atoms with van der Waals surface area (Å²) in [5, 5.41) is 10.2. The molecule has 1 saturated carbocycles. The molecule has 3 aliphatic rings. The second-order valence-corrected chi connectivity index (χ2v) is 11.5. The summed E-state index contributed by atoms with van der Waals surface area (Å²) in [6.45, 7) is 3.84. The van der Waals surface area contributed by atoms with Gasteiger partial charge >= 0.3 is 0 Å². The Labute approximate surface area is 251 Å². The van der Waals surface area contributed by atoms with E-state index in [4.69, 9.17) is 19.4 Å². The predicted molar refractivity (Wildman–Crippen MR) is 163 cm³/mol. The first-order chi connectivity index (χ1) is 20.2. The first-order valence-electron chi connectivity index (χ1n) is 14.4. The number of rotatable bonds is 8. The second kappa shape index (κ2) is 17.2. The van der Waals surface area contributed by atoms with E-state index >= 15 is 4.39 Å². The number of halogens is 1. The number of carboxylic acids is 1. The number of benzene rings is 1. The molecule has 2 amide bonds. The van der Waals surface area contributed by atoms with Gasteiger partial charge in [-0.05, 0) is 55.3 Å². The molecular formula is C31H42FN3O6S. The summed E-state index contributed by atoms with van der Waals surface area (Å²) in [4.78, 5) is 36.9. The van der Waals surface area contributed by atoms with Crippen LogP contribution in [0.3, 0.4) is 0 Å². The van der Waals surface area contributed by atoms with Crippen molar-refractivity contribution in [2.45, 2.75) is 83.5 Å². The van der Waals surface area contributed by atoms with E-state index < -0.39 is 11.8 Å². The summed E-state index contributed by atoms with van der Waals surface area (Å²) < 4.78 is 31.2. The highest BCUT2D eigenvalue weighted by Crippen LogP contribution is 2.27. The van der Waals surface area contributed by atoms with Gasteiger partial charge in [-0.2, -0.15) is 0 Å². The standard InChI is InChI=1S/C29H38FN3O4S.C2H4O2/c1-20-14-21(25(30)17-27(20)31-29(35)26-12-8-3-4-9-13-38-32-26)15-28(34)33-18-24(36-2)16-22(33)19-37-23-10-6-5-7-11-23;1-2(3)4/h3-4,8-9,14,17,22-24H,5-7,10-13,15-16,18-19H2,1-2H3,(H,31,35);1H3,(H,3,4)/b8-3-,9-4-,32-26+;. The predicted octanol–water partition coefficient (Wildman–Crippen LogP) is 5.28. The van der Waals surface area contributed by atoms with Crippen LogP contribution < -0.4 is 5.32 Å². The van der Waals surface area contributed by atoms with Gasteiger partial charge in [0, 0.05) is 38.4 Å². The highest BCUT2D eigenvalue weighted by molar-refractivity contribution is 7.98. The van der Waals surface area contributed by atoms with Crippen molar-refractivity contribution in [2.24, 2.45) is 4.40 Å². The van der Waals surface area contributed by atoms with E-state index in [9.17, 15) is 9.59 Å². The van der Waals surface area contributed by atoms with Crippen LogP contribution in [0.25, 0.3) is 0 Å². The lowest BCUT2D eigenvalue weighted by molar-refractivity contribution is -0.134. The SMILES string of the molecule is CC(=O)O.COC1CC(COC2CCCCC2)N(C(=O)Cc2cc(C)c(NC(=O)/C3=N/SC/C=C\C=C/C3)cc2F)C1. The van der Waals surface area contributed by atoms with Crippen LogP contribution in [0.15, 0.2) is 40.8 Å². The molecule has 2 unspecified atom stereocenters. The van der Waals surface area contributed by atoms with Crippen molar-refractivity contribution >= 4 is 41.1 Å². The average Bonchev–Trinajstić information content (AvgIpc) is 3.43. The van der Waals surface area contributed by atoms with Crippen molar-refractivity contribution in [3.05, 3.63) is 53.4 Å². The summed E-state index contributed by atoms with van der Waals surface area (Å²) in [5.41, 5.74) is 1.74. The molecule has 42 heavy (non-hydrogen) atoms. The van der Waals surface area contributed by atoms with Gasteiger partial charge in [0.25, 0.3) is 11.9 Å². The third-order valence-corrected chi connectivity index (χ3v) is 8.08. The van der Waals surface area contributed by atoms with Gasteiger partial charge in [0.1, 0.15) is 11.5 Å². The van der Waals surface area contributed by atoms with Gasteiger partial charge in [-0.15, -0.1) is 0 Å². The van der Waals surface area contributed by atoms with Crippen molar-refractivity contribution in [1.29, 1.82) is 0 Å². The highest BCUT2D eigenvalue weighted by Gasteiger charge is 2.36. The number of nitrogens with zero attached hydrogens (tertiary/aromatic N) is 2. The summed E-state index contributed by atoms with van der Waals surface area (Å²) >= 11 is 1.30. The number of anilines is 1. The first-order valence-corrected chi connectivity index (χ1v) is 15.4. The number of hydrogen-bond acceptors (Lipinski definition) is 7. The average molecular weight is 604 g/mol. The van der Waals surface area contributed by atoms with Crippen molar-refractivity contribution in [3.63, 3.8) is 0 Å². The van der Waals surface area contributed by atoms with E-state index in [1.807, 2.05) is 24.3 Å². The lowest BCUT2D eigenvalue weighted by Gasteiger charge is -2.28. The Balaban J connectivity index is 0.00000114. The maximum atomic E-state index is 15.1. The number of allylic oxidation sites excluding steroid dienone is 3. The van der Waals surface area contributed by atoms with Crippen molar-refractivity contribution in [2.75, 3.05) is 31.3 Å². The van der Waals surface area contributed by atoms with Crippen LogP contribution in [0.1, 0.15) is 63.0 Å². The van der Waals surface area contributed by atoms with E-state index in [1.165, 1.54) is 37.3 Å². The minimum atomic E-state index is -0.833. The van der Waals surface area contributed by atoms with Gasteiger partial charge in [-0.1, -0.05) is 49.6 Å². The lowest BCUT2D eigenvalue weighted by atomic mass is 9.98. The van der Waals surface area contributed by atoms with Crippen LogP contribution in [-0.4, -0.2) is 77.8 Å². The zero-order valence-corrected chi connectivity index (χ0v) is 25.5. The molecule has 0 bridgehead atoms. The Morgan fingerprint density at radius 3 is 2.57 bits per heavy atom. The Morgan fingerprint density at radius 2 is 1.86 bits per heavy atom. The van der Waals surface area contributed by atoms with Crippen LogP contribution >= 0.6 is 11.9 Å². The van der Waals surface area contributed by atoms with Gasteiger partial charge < -0.3 is 24.8 Å². The molecule has 2 heterocycles. The first kappa shape index (κ1) is 33.5. The van der Waals surface area contributed by atoms with Gasteiger partial charge in [-0.25, -0.2) is 8.79 Å². The maximum Gasteiger partial charge on any atom is 0.300 e. The van der Waals surface area contributed by atoms with Crippen LogP contribution in [-0.2, 0) is 30.3 Å². The molecule has 230 valence electrons. The van der Waals surface area contributed by atoms with Crippen LogP contribution in [0.5, 0.6) is 0 Å². The third kappa shape index (κ3) is 10.7. The molecule has 4 rings (SSSR count). The minimum Gasteiger partial charge on any atom is -0.481 e. The van der Waals surface area contributed by atoms with E-state index in [0.29, 0.717) is 47.9 Å². The Bertz CT molecular complexity index is 1180. The number of ether oxygens (including phenoxy) is 2. The minimum absolute atomic E-state index is 0.0487. The molecule has 1 aromatic rings. The van der Waals surface area contributed by atoms with E-state index in [-0.39, 0.29) is 36.5 Å². The van der Waals surface area contributed by atoms with Gasteiger partial charge in [-0.3, -0.25) is 14.4 Å². The largest absolute Gasteiger partial charge is 0.481 e. The van der Waals surface area contributed by atoms with Crippen LogP contribution in [0.2, 0.25) is 0 Å². The summed E-state index contributed by atoms with van der Waals surface area (Å²) in [7, 11) is 1.66. The zero-order valence-electron chi connectivity index (χ0n) is 24.6. The summed E-state index contributed by atoms with van der Waals surface area (Å²) in [6.07, 6.45) is 14.7. The summed E-state index contributed by atoms with van der Waals surface area (Å²) in [5.74, 6) is -1.19. The number of nitrogens with one attached hydrogen (secondary N) is 1.